The van der Waals surface area contributed by atoms with Crippen molar-refractivity contribution in [1.82, 2.24) is 14.7 Å². The van der Waals surface area contributed by atoms with Gasteiger partial charge in [-0.05, 0) is 30.5 Å². The van der Waals surface area contributed by atoms with E-state index in [-0.39, 0.29) is 12.5 Å². The van der Waals surface area contributed by atoms with E-state index in [1.807, 2.05) is 17.0 Å². The van der Waals surface area contributed by atoms with E-state index in [1.54, 1.807) is 10.7 Å². The van der Waals surface area contributed by atoms with Crippen molar-refractivity contribution in [2.75, 3.05) is 25.0 Å². The molecule has 1 aromatic carbocycles. The first kappa shape index (κ1) is 16.1. The molecule has 0 saturated carbocycles. The zero-order valence-corrected chi connectivity index (χ0v) is 14.0. The molecule has 1 atom stereocenters. The maximum atomic E-state index is 13.0. The molecule has 2 aliphatic heterocycles. The number of benzene rings is 1. The van der Waals surface area contributed by atoms with Crippen molar-refractivity contribution in [2.24, 2.45) is 0 Å². The lowest BCUT2D eigenvalue weighted by Crippen LogP contribution is -2.38. The Morgan fingerprint density at radius 1 is 1.36 bits per heavy atom. The number of anilines is 1. The number of rotatable bonds is 3. The first-order chi connectivity index (χ1) is 12.2. The van der Waals surface area contributed by atoms with Crippen molar-refractivity contribution in [2.45, 2.75) is 32.0 Å². The van der Waals surface area contributed by atoms with E-state index in [0.29, 0.717) is 25.3 Å². The summed E-state index contributed by atoms with van der Waals surface area (Å²) in [4.78, 5) is 14.9. The normalized spacial score (nSPS) is 17.4. The minimum Gasteiger partial charge on any atom is -0.393 e. The van der Waals surface area contributed by atoms with Gasteiger partial charge in [0.1, 0.15) is 6.10 Å². The summed E-state index contributed by atoms with van der Waals surface area (Å²) in [5.41, 5.74) is 4.22. The highest BCUT2D eigenvalue weighted by molar-refractivity contribution is 6.00. The van der Waals surface area contributed by atoms with Crippen LogP contribution >= 0.6 is 0 Å². The summed E-state index contributed by atoms with van der Waals surface area (Å²) in [6.45, 7) is 2.15. The lowest BCUT2D eigenvalue weighted by Gasteiger charge is -2.29. The number of aryl methyl sites for hydroxylation is 1. The van der Waals surface area contributed by atoms with Crippen LogP contribution in [0.4, 0.5) is 5.69 Å². The molecule has 132 valence electrons. The Kier molecular flexibility index (Phi) is 4.19. The maximum Gasteiger partial charge on any atom is 0.256 e. The summed E-state index contributed by atoms with van der Waals surface area (Å²) in [6, 6.07) is 7.67. The second-order valence-corrected chi connectivity index (χ2v) is 6.58. The second kappa shape index (κ2) is 6.50. The van der Waals surface area contributed by atoms with Crippen LogP contribution in [0.1, 0.15) is 39.8 Å². The molecule has 25 heavy (non-hydrogen) atoms. The van der Waals surface area contributed by atoms with Crippen LogP contribution in [-0.4, -0.2) is 50.5 Å². The van der Waals surface area contributed by atoms with E-state index in [9.17, 15) is 9.90 Å². The molecule has 3 heterocycles. The molecule has 0 bridgehead atoms. The molecule has 1 amide bonds. The minimum absolute atomic E-state index is 0.0166. The zero-order chi connectivity index (χ0) is 17.4. The van der Waals surface area contributed by atoms with Gasteiger partial charge in [-0.2, -0.15) is 5.10 Å². The van der Waals surface area contributed by atoms with Crippen LogP contribution < -0.4 is 5.32 Å². The number of carbonyl (C=O) groups excluding carboxylic acids is 1. The van der Waals surface area contributed by atoms with Crippen molar-refractivity contribution in [1.29, 1.82) is 0 Å². The van der Waals surface area contributed by atoms with Gasteiger partial charge in [0.15, 0.2) is 0 Å². The van der Waals surface area contributed by atoms with Gasteiger partial charge in [-0.15, -0.1) is 0 Å². The average Bonchev–Trinajstić information content (AvgIpc) is 3.09. The van der Waals surface area contributed by atoms with Crippen molar-refractivity contribution < 1.29 is 15.0 Å². The molecule has 0 spiro atoms. The van der Waals surface area contributed by atoms with Crippen LogP contribution in [0.25, 0.3) is 0 Å². The fourth-order valence-corrected chi connectivity index (χ4v) is 3.58. The molecule has 0 fully saturated rings. The number of hydrogen-bond donors (Lipinski definition) is 3. The van der Waals surface area contributed by atoms with E-state index in [1.165, 1.54) is 5.56 Å². The van der Waals surface area contributed by atoms with Crippen LogP contribution in [0.5, 0.6) is 0 Å². The van der Waals surface area contributed by atoms with Crippen LogP contribution in [0.3, 0.4) is 0 Å². The van der Waals surface area contributed by atoms with Gasteiger partial charge in [-0.1, -0.05) is 12.1 Å². The highest BCUT2D eigenvalue weighted by atomic mass is 16.3. The van der Waals surface area contributed by atoms with E-state index in [4.69, 9.17) is 5.11 Å². The van der Waals surface area contributed by atoms with Crippen LogP contribution in [0, 0.1) is 0 Å². The van der Waals surface area contributed by atoms with Crippen molar-refractivity contribution in [3.8, 4) is 0 Å². The number of para-hydroxylation sites is 1. The van der Waals surface area contributed by atoms with Gasteiger partial charge in [0.05, 0.1) is 42.3 Å². The van der Waals surface area contributed by atoms with E-state index >= 15 is 0 Å². The number of aromatic nitrogens is 2. The monoisotopic (exact) mass is 342 g/mol. The number of hydrogen-bond acceptors (Lipinski definition) is 5. The molecule has 0 aliphatic carbocycles. The minimum atomic E-state index is -0.979. The smallest absolute Gasteiger partial charge is 0.256 e. The molecule has 3 N–H and O–H groups in total. The molecule has 4 rings (SSSR count). The van der Waals surface area contributed by atoms with E-state index in [0.717, 1.165) is 36.3 Å². The number of amides is 1. The maximum absolute atomic E-state index is 13.0. The quantitative estimate of drug-likeness (QED) is 0.772. The molecular formula is C18H22N4O3. The summed E-state index contributed by atoms with van der Waals surface area (Å²) in [6.07, 6.45) is 1.11. The average molecular weight is 342 g/mol. The molecule has 2 aromatic rings. The third-order valence-corrected chi connectivity index (χ3v) is 4.92. The van der Waals surface area contributed by atoms with Gasteiger partial charge in [-0.25, -0.2) is 0 Å². The highest BCUT2D eigenvalue weighted by Gasteiger charge is 2.27. The summed E-state index contributed by atoms with van der Waals surface area (Å²) in [7, 11) is 0. The van der Waals surface area contributed by atoms with Crippen LogP contribution in [-0.2, 0) is 19.5 Å². The Balaban J connectivity index is 1.58. The molecule has 1 unspecified atom stereocenters. The molecule has 2 aliphatic rings. The third kappa shape index (κ3) is 2.89. The molecule has 1 aromatic heterocycles. The molecule has 7 nitrogen and oxygen atoms in total. The SMILES string of the molecule is O=C(c1cccc2c1NCCC2)N1CCn2nc(C(O)CO)cc2C1. The predicted molar refractivity (Wildman–Crippen MR) is 92.3 cm³/mol. The topological polar surface area (TPSA) is 90.6 Å². The molecule has 0 radical (unpaired) electrons. The fourth-order valence-electron chi connectivity index (χ4n) is 3.58. The number of nitrogens with one attached hydrogen (secondary N) is 1. The standard InChI is InChI=1S/C18H22N4O3/c23-11-16(24)15-9-13-10-21(7-8-22(13)20-15)18(25)14-5-1-3-12-4-2-6-19-17(12)14/h1,3,5,9,16,19,23-24H,2,4,6-8,10-11H2. The predicted octanol–water partition coefficient (Wildman–Crippen LogP) is 0.923. The fraction of sp³-hybridized carbons (Fsp3) is 0.444. The number of fused-ring (bicyclic) bond motifs is 2. The van der Waals surface area contributed by atoms with Gasteiger partial charge in [0.25, 0.3) is 5.91 Å². The summed E-state index contributed by atoms with van der Waals surface area (Å²) < 4.78 is 1.80. The van der Waals surface area contributed by atoms with Crippen molar-refractivity contribution in [3.05, 3.63) is 46.8 Å². The van der Waals surface area contributed by atoms with Gasteiger partial charge in [0.2, 0.25) is 0 Å². The molecule has 0 saturated heterocycles. The van der Waals surface area contributed by atoms with E-state index in [2.05, 4.69) is 16.5 Å². The molecule has 7 heteroatoms. The second-order valence-electron chi connectivity index (χ2n) is 6.58. The first-order valence-electron chi connectivity index (χ1n) is 8.68. The summed E-state index contributed by atoms with van der Waals surface area (Å²) >= 11 is 0. The Bertz CT molecular complexity index is 802. The van der Waals surface area contributed by atoms with Gasteiger partial charge >= 0.3 is 0 Å². The zero-order valence-electron chi connectivity index (χ0n) is 14.0. The van der Waals surface area contributed by atoms with Gasteiger partial charge in [-0.3, -0.25) is 9.48 Å². The Morgan fingerprint density at radius 3 is 3.08 bits per heavy atom. The summed E-state index contributed by atoms with van der Waals surface area (Å²) in [5.74, 6) is 0.0166. The lowest BCUT2D eigenvalue weighted by molar-refractivity contribution is 0.0705. The van der Waals surface area contributed by atoms with Crippen molar-refractivity contribution >= 4 is 11.6 Å². The number of nitrogens with zero attached hydrogens (tertiary/aromatic N) is 3. The first-order valence-corrected chi connectivity index (χ1v) is 8.68. The Morgan fingerprint density at radius 2 is 2.24 bits per heavy atom. The Labute approximate surface area is 145 Å². The molecular weight excluding hydrogens is 320 g/mol. The van der Waals surface area contributed by atoms with Gasteiger partial charge < -0.3 is 20.4 Å². The van der Waals surface area contributed by atoms with Crippen LogP contribution in [0.2, 0.25) is 0 Å². The number of carbonyl (C=O) groups is 1. The van der Waals surface area contributed by atoms with Crippen LogP contribution in [0.15, 0.2) is 24.3 Å². The Hall–Kier alpha value is -2.38. The summed E-state index contributed by atoms with van der Waals surface area (Å²) in [5, 5.41) is 26.5. The van der Waals surface area contributed by atoms with Gasteiger partial charge in [0, 0.05) is 13.1 Å². The third-order valence-electron chi connectivity index (χ3n) is 4.92. The number of aliphatic hydroxyl groups excluding tert-OH is 2. The van der Waals surface area contributed by atoms with Crippen molar-refractivity contribution in [3.63, 3.8) is 0 Å². The van der Waals surface area contributed by atoms with E-state index < -0.39 is 6.10 Å². The number of aliphatic hydroxyl groups is 2. The largest absolute Gasteiger partial charge is 0.393 e. The lowest BCUT2D eigenvalue weighted by atomic mass is 9.98. The highest BCUT2D eigenvalue weighted by Crippen LogP contribution is 2.28.